The molecule has 1 aliphatic heterocycles. The van der Waals surface area contributed by atoms with Crippen molar-refractivity contribution in [3.05, 3.63) is 0 Å². The molecule has 0 saturated carbocycles. The summed E-state index contributed by atoms with van der Waals surface area (Å²) in [5.41, 5.74) is 0. The van der Waals surface area contributed by atoms with Gasteiger partial charge in [-0.15, -0.1) is 0 Å². The Kier molecular flexibility index (Phi) is 6.28. The van der Waals surface area contributed by atoms with E-state index in [2.05, 4.69) is 0 Å². The standard InChI is InChI=1S/C11H19NO5S/c1-17-6-7-18(16)8-10(13)12-4-2-9(3-5-12)11(14)15/h9H,2-8H2,1H3,(H,14,15). The molecule has 1 aliphatic rings. The van der Waals surface area contributed by atoms with E-state index in [-0.39, 0.29) is 17.6 Å². The van der Waals surface area contributed by atoms with Crippen molar-refractivity contribution in [1.82, 2.24) is 4.90 Å². The van der Waals surface area contributed by atoms with Gasteiger partial charge in [0.1, 0.15) is 5.75 Å². The van der Waals surface area contributed by atoms with Crippen LogP contribution in [0.1, 0.15) is 12.8 Å². The molecule has 0 aliphatic carbocycles. The number of nitrogens with zero attached hydrogens (tertiary/aromatic N) is 1. The number of hydrogen-bond donors (Lipinski definition) is 1. The van der Waals surface area contributed by atoms with Gasteiger partial charge in [0.2, 0.25) is 5.91 Å². The minimum atomic E-state index is -1.20. The zero-order valence-electron chi connectivity index (χ0n) is 10.5. The van der Waals surface area contributed by atoms with Crippen molar-refractivity contribution in [3.8, 4) is 0 Å². The van der Waals surface area contributed by atoms with Crippen molar-refractivity contribution in [2.45, 2.75) is 12.8 Å². The van der Waals surface area contributed by atoms with Crippen LogP contribution in [0.25, 0.3) is 0 Å². The molecule has 0 bridgehead atoms. The summed E-state index contributed by atoms with van der Waals surface area (Å²) in [4.78, 5) is 24.2. The number of carbonyl (C=O) groups is 2. The van der Waals surface area contributed by atoms with Gasteiger partial charge in [-0.3, -0.25) is 13.8 Å². The van der Waals surface area contributed by atoms with Crippen molar-refractivity contribution in [2.75, 3.05) is 38.3 Å². The molecule has 0 aromatic heterocycles. The third-order valence-corrected chi connectivity index (χ3v) is 4.19. The molecule has 0 radical (unpaired) electrons. The molecule has 7 heteroatoms. The molecular formula is C11H19NO5S. The second kappa shape index (κ2) is 7.48. The number of ether oxygens (including phenoxy) is 1. The topological polar surface area (TPSA) is 83.9 Å². The molecule has 0 spiro atoms. The number of hydrogen-bond acceptors (Lipinski definition) is 4. The van der Waals surface area contributed by atoms with Gasteiger partial charge in [-0.05, 0) is 12.8 Å². The van der Waals surface area contributed by atoms with E-state index < -0.39 is 16.8 Å². The third kappa shape index (κ3) is 4.73. The van der Waals surface area contributed by atoms with Gasteiger partial charge in [0, 0.05) is 36.8 Å². The van der Waals surface area contributed by atoms with Crippen LogP contribution in [0.15, 0.2) is 0 Å². The monoisotopic (exact) mass is 277 g/mol. The molecule has 1 saturated heterocycles. The number of likely N-dealkylation sites (tertiary alicyclic amines) is 1. The molecule has 1 amide bonds. The van der Waals surface area contributed by atoms with Crippen LogP contribution in [0.3, 0.4) is 0 Å². The molecule has 0 aromatic rings. The molecule has 1 atom stereocenters. The van der Waals surface area contributed by atoms with Crippen LogP contribution in [0.5, 0.6) is 0 Å². The summed E-state index contributed by atoms with van der Waals surface area (Å²) in [6.45, 7) is 1.26. The van der Waals surface area contributed by atoms with Crippen molar-refractivity contribution < 1.29 is 23.6 Å². The minimum Gasteiger partial charge on any atom is -0.481 e. The first-order valence-corrected chi connectivity index (χ1v) is 7.38. The Balaban J connectivity index is 2.31. The lowest BCUT2D eigenvalue weighted by molar-refractivity contribution is -0.145. The highest BCUT2D eigenvalue weighted by Gasteiger charge is 2.27. The molecule has 6 nitrogen and oxygen atoms in total. The largest absolute Gasteiger partial charge is 0.481 e. The maximum atomic E-state index is 11.8. The predicted molar refractivity (Wildman–Crippen MR) is 66.7 cm³/mol. The van der Waals surface area contributed by atoms with Gasteiger partial charge in [0.15, 0.2) is 0 Å². The van der Waals surface area contributed by atoms with Gasteiger partial charge in [-0.2, -0.15) is 0 Å². The smallest absolute Gasteiger partial charge is 0.306 e. The normalized spacial score (nSPS) is 18.6. The van der Waals surface area contributed by atoms with Crippen LogP contribution in [0.4, 0.5) is 0 Å². The Morgan fingerprint density at radius 1 is 1.39 bits per heavy atom. The Morgan fingerprint density at radius 3 is 2.50 bits per heavy atom. The van der Waals surface area contributed by atoms with Crippen molar-refractivity contribution in [1.29, 1.82) is 0 Å². The van der Waals surface area contributed by atoms with Crippen LogP contribution in [-0.2, 0) is 25.1 Å². The van der Waals surface area contributed by atoms with E-state index in [1.165, 1.54) is 7.11 Å². The first kappa shape index (κ1) is 15.1. The van der Waals surface area contributed by atoms with E-state index >= 15 is 0 Å². The zero-order valence-corrected chi connectivity index (χ0v) is 11.3. The SMILES string of the molecule is COCCS(=O)CC(=O)N1CCC(C(=O)O)CC1. The number of carboxylic acids is 1. The highest BCUT2D eigenvalue weighted by Crippen LogP contribution is 2.17. The lowest BCUT2D eigenvalue weighted by Crippen LogP contribution is -2.42. The summed E-state index contributed by atoms with van der Waals surface area (Å²) in [6.07, 6.45) is 0.956. The summed E-state index contributed by atoms with van der Waals surface area (Å²) in [6, 6.07) is 0. The van der Waals surface area contributed by atoms with Crippen LogP contribution in [0, 0.1) is 5.92 Å². The average Bonchev–Trinajstić information content (AvgIpc) is 2.36. The molecule has 104 valence electrons. The van der Waals surface area contributed by atoms with Crippen LogP contribution < -0.4 is 0 Å². The van der Waals surface area contributed by atoms with E-state index in [9.17, 15) is 13.8 Å². The summed E-state index contributed by atoms with van der Waals surface area (Å²) >= 11 is 0. The predicted octanol–water partition coefficient (Wildman–Crippen LogP) is -0.295. The summed E-state index contributed by atoms with van der Waals surface area (Å²) in [5, 5.41) is 8.84. The van der Waals surface area contributed by atoms with Crippen LogP contribution in [-0.4, -0.2) is 64.4 Å². The fraction of sp³-hybridized carbons (Fsp3) is 0.818. The van der Waals surface area contributed by atoms with Crippen molar-refractivity contribution in [2.24, 2.45) is 5.92 Å². The number of carbonyl (C=O) groups excluding carboxylic acids is 1. The highest BCUT2D eigenvalue weighted by molar-refractivity contribution is 7.85. The fourth-order valence-corrected chi connectivity index (χ4v) is 2.81. The Bertz CT molecular complexity index is 325. The molecule has 1 N–H and O–H groups in total. The summed E-state index contributed by atoms with van der Waals surface area (Å²) in [7, 11) is 0.322. The third-order valence-electron chi connectivity index (χ3n) is 3.00. The highest BCUT2D eigenvalue weighted by atomic mass is 32.2. The van der Waals surface area contributed by atoms with Gasteiger partial charge in [0.25, 0.3) is 0 Å². The summed E-state index contributed by atoms with van der Waals surface area (Å²) in [5.74, 6) is -0.957. The van der Waals surface area contributed by atoms with Gasteiger partial charge < -0.3 is 14.7 Å². The second-order valence-corrected chi connectivity index (χ2v) is 5.85. The molecule has 1 rings (SSSR count). The van der Waals surface area contributed by atoms with E-state index in [1.807, 2.05) is 0 Å². The minimum absolute atomic E-state index is 0.00109. The molecule has 1 fully saturated rings. The maximum absolute atomic E-state index is 11.8. The molecule has 0 aromatic carbocycles. The Hall–Kier alpha value is -0.950. The fourth-order valence-electron chi connectivity index (χ4n) is 1.85. The number of methoxy groups -OCH3 is 1. The molecular weight excluding hydrogens is 258 g/mol. The number of carboxylic acid groups (broad SMARTS) is 1. The van der Waals surface area contributed by atoms with E-state index in [0.717, 1.165) is 0 Å². The van der Waals surface area contributed by atoms with Crippen molar-refractivity contribution >= 4 is 22.7 Å². The lowest BCUT2D eigenvalue weighted by atomic mass is 9.97. The van der Waals surface area contributed by atoms with Gasteiger partial charge in [0.05, 0.1) is 12.5 Å². The average molecular weight is 277 g/mol. The van der Waals surface area contributed by atoms with E-state index in [4.69, 9.17) is 9.84 Å². The number of amides is 1. The van der Waals surface area contributed by atoms with Crippen molar-refractivity contribution in [3.63, 3.8) is 0 Å². The number of rotatable bonds is 6. The van der Waals surface area contributed by atoms with Crippen LogP contribution >= 0.6 is 0 Å². The Labute approximate surface area is 109 Å². The first-order valence-electron chi connectivity index (χ1n) is 5.89. The second-order valence-electron chi connectivity index (χ2n) is 4.27. The molecule has 1 heterocycles. The molecule has 18 heavy (non-hydrogen) atoms. The van der Waals surface area contributed by atoms with Crippen LogP contribution in [0.2, 0.25) is 0 Å². The quantitative estimate of drug-likeness (QED) is 0.721. The van der Waals surface area contributed by atoms with E-state index in [1.54, 1.807) is 4.90 Å². The first-order chi connectivity index (χ1) is 8.54. The summed E-state index contributed by atoms with van der Waals surface area (Å²) < 4.78 is 16.3. The number of aliphatic carboxylic acids is 1. The molecule has 1 unspecified atom stereocenters. The lowest BCUT2D eigenvalue weighted by Gasteiger charge is -2.30. The maximum Gasteiger partial charge on any atom is 0.306 e. The van der Waals surface area contributed by atoms with E-state index in [0.29, 0.717) is 38.3 Å². The van der Waals surface area contributed by atoms with Gasteiger partial charge >= 0.3 is 5.97 Å². The number of piperidine rings is 1. The zero-order chi connectivity index (χ0) is 13.5. The van der Waals surface area contributed by atoms with Gasteiger partial charge in [-0.25, -0.2) is 0 Å². The van der Waals surface area contributed by atoms with Gasteiger partial charge in [-0.1, -0.05) is 0 Å². The Morgan fingerprint density at radius 2 is 2.00 bits per heavy atom.